The van der Waals surface area contributed by atoms with Gasteiger partial charge in [-0.1, -0.05) is 6.07 Å². The van der Waals surface area contributed by atoms with E-state index in [9.17, 15) is 9.59 Å². The highest BCUT2D eigenvalue weighted by Crippen LogP contribution is 2.22. The van der Waals surface area contributed by atoms with Crippen LogP contribution in [-0.4, -0.2) is 57.6 Å². The molecule has 2 amide bonds. The number of hydrogen-bond donors (Lipinski definition) is 1. The Balaban J connectivity index is 1.95. The number of anilines is 2. The van der Waals surface area contributed by atoms with E-state index in [-0.39, 0.29) is 24.2 Å². The zero-order valence-electron chi connectivity index (χ0n) is 13.3. The highest BCUT2D eigenvalue weighted by Gasteiger charge is 2.33. The van der Waals surface area contributed by atoms with Gasteiger partial charge >= 0.3 is 0 Å². The molecule has 0 aromatic heterocycles. The number of benzene rings is 1. The molecule has 1 saturated heterocycles. The van der Waals surface area contributed by atoms with Crippen LogP contribution in [0.15, 0.2) is 24.3 Å². The van der Waals surface area contributed by atoms with Crippen molar-refractivity contribution < 1.29 is 14.3 Å². The fourth-order valence-corrected chi connectivity index (χ4v) is 2.47. The molecule has 1 fully saturated rings. The van der Waals surface area contributed by atoms with Crippen LogP contribution in [0.3, 0.4) is 0 Å². The second-order valence-electron chi connectivity index (χ2n) is 5.67. The number of carbonyl (C=O) groups is 2. The Kier molecular flexibility index (Phi) is 5.38. The summed E-state index contributed by atoms with van der Waals surface area (Å²) in [6.45, 7) is 1.49. The zero-order chi connectivity index (χ0) is 16.1. The maximum Gasteiger partial charge on any atom is 0.229 e. The lowest BCUT2D eigenvalue weighted by molar-refractivity contribution is -0.128. The average molecular weight is 305 g/mol. The van der Waals surface area contributed by atoms with Crippen LogP contribution in [0.1, 0.15) is 6.42 Å². The molecule has 1 N–H and O–H groups in total. The fourth-order valence-electron chi connectivity index (χ4n) is 2.47. The van der Waals surface area contributed by atoms with Gasteiger partial charge in [0, 0.05) is 52.1 Å². The smallest absolute Gasteiger partial charge is 0.229 e. The lowest BCUT2D eigenvalue weighted by atomic mass is 10.1. The third-order valence-corrected chi connectivity index (χ3v) is 3.78. The lowest BCUT2D eigenvalue weighted by Gasteiger charge is -2.17. The summed E-state index contributed by atoms with van der Waals surface area (Å²) >= 11 is 0. The molecule has 0 radical (unpaired) electrons. The highest BCUT2D eigenvalue weighted by molar-refractivity contribution is 5.97. The summed E-state index contributed by atoms with van der Waals surface area (Å²) in [5.74, 6) is -0.393. The first-order chi connectivity index (χ1) is 10.5. The van der Waals surface area contributed by atoms with Crippen LogP contribution in [-0.2, 0) is 14.3 Å². The van der Waals surface area contributed by atoms with E-state index in [4.69, 9.17) is 4.74 Å². The fraction of sp³-hybridized carbons (Fsp3) is 0.500. The molecule has 1 aliphatic heterocycles. The maximum atomic E-state index is 12.3. The van der Waals surface area contributed by atoms with Crippen molar-refractivity contribution >= 4 is 23.2 Å². The average Bonchev–Trinajstić information content (AvgIpc) is 2.86. The minimum Gasteiger partial charge on any atom is -0.383 e. The van der Waals surface area contributed by atoms with Crippen molar-refractivity contribution in [3.05, 3.63) is 24.3 Å². The molecule has 0 spiro atoms. The Morgan fingerprint density at radius 2 is 2.23 bits per heavy atom. The summed E-state index contributed by atoms with van der Waals surface area (Å²) in [5, 5.41) is 2.90. The Bertz CT molecular complexity index is 545. The van der Waals surface area contributed by atoms with E-state index in [1.165, 1.54) is 0 Å². The number of amides is 2. The summed E-state index contributed by atoms with van der Waals surface area (Å²) < 4.78 is 4.98. The third-order valence-electron chi connectivity index (χ3n) is 3.78. The minimum atomic E-state index is -0.299. The zero-order valence-corrected chi connectivity index (χ0v) is 13.3. The van der Waals surface area contributed by atoms with Crippen LogP contribution < -0.4 is 10.2 Å². The van der Waals surface area contributed by atoms with Crippen LogP contribution in [0.25, 0.3) is 0 Å². The van der Waals surface area contributed by atoms with Gasteiger partial charge in [0.25, 0.3) is 0 Å². The van der Waals surface area contributed by atoms with Crippen molar-refractivity contribution in [3.63, 3.8) is 0 Å². The lowest BCUT2D eigenvalue weighted by Crippen LogP contribution is -2.30. The number of carbonyl (C=O) groups excluding carboxylic acids is 2. The van der Waals surface area contributed by atoms with Crippen molar-refractivity contribution in [3.8, 4) is 0 Å². The largest absolute Gasteiger partial charge is 0.383 e. The number of nitrogens with one attached hydrogen (secondary N) is 1. The predicted molar refractivity (Wildman–Crippen MR) is 86.0 cm³/mol. The summed E-state index contributed by atoms with van der Waals surface area (Å²) in [6.07, 6.45) is 0.267. The first kappa shape index (κ1) is 16.3. The Hall–Kier alpha value is -2.08. The molecule has 1 heterocycles. The van der Waals surface area contributed by atoms with Gasteiger partial charge in [0.1, 0.15) is 0 Å². The summed E-state index contributed by atoms with van der Waals surface area (Å²) in [4.78, 5) is 27.9. The van der Waals surface area contributed by atoms with Crippen LogP contribution in [0.4, 0.5) is 11.4 Å². The van der Waals surface area contributed by atoms with Gasteiger partial charge in [0.05, 0.1) is 12.5 Å². The summed E-state index contributed by atoms with van der Waals surface area (Å²) in [7, 11) is 5.50. The van der Waals surface area contributed by atoms with Crippen molar-refractivity contribution in [2.75, 3.05) is 51.1 Å². The number of methoxy groups -OCH3 is 1. The number of likely N-dealkylation sites (tertiary alicyclic amines) is 1. The summed E-state index contributed by atoms with van der Waals surface area (Å²) in [6, 6.07) is 7.64. The van der Waals surface area contributed by atoms with Gasteiger partial charge in [-0.3, -0.25) is 9.59 Å². The topological polar surface area (TPSA) is 61.9 Å². The molecular weight excluding hydrogens is 282 g/mol. The van der Waals surface area contributed by atoms with Gasteiger partial charge in [-0.05, 0) is 18.2 Å². The van der Waals surface area contributed by atoms with Crippen molar-refractivity contribution in [2.45, 2.75) is 6.42 Å². The number of nitrogens with zero attached hydrogens (tertiary/aromatic N) is 2. The molecule has 1 aromatic carbocycles. The molecule has 2 rings (SSSR count). The Labute approximate surface area is 131 Å². The second kappa shape index (κ2) is 7.26. The molecule has 22 heavy (non-hydrogen) atoms. The van der Waals surface area contributed by atoms with Crippen LogP contribution in [0.5, 0.6) is 0 Å². The van der Waals surface area contributed by atoms with Crippen LogP contribution in [0, 0.1) is 5.92 Å². The van der Waals surface area contributed by atoms with Gasteiger partial charge in [-0.2, -0.15) is 0 Å². The first-order valence-electron chi connectivity index (χ1n) is 7.36. The molecule has 120 valence electrons. The number of rotatable bonds is 6. The second-order valence-corrected chi connectivity index (χ2v) is 5.67. The molecule has 6 heteroatoms. The molecule has 1 aromatic rings. The third kappa shape index (κ3) is 3.98. The quantitative estimate of drug-likeness (QED) is 0.857. The van der Waals surface area contributed by atoms with Gasteiger partial charge in [0.2, 0.25) is 11.8 Å². The van der Waals surface area contributed by atoms with E-state index in [2.05, 4.69) is 5.32 Å². The molecule has 1 atom stereocenters. The van der Waals surface area contributed by atoms with E-state index in [1.54, 1.807) is 12.0 Å². The van der Waals surface area contributed by atoms with Crippen LogP contribution in [0.2, 0.25) is 0 Å². The molecule has 6 nitrogen and oxygen atoms in total. The van der Waals surface area contributed by atoms with Crippen molar-refractivity contribution in [2.24, 2.45) is 5.92 Å². The van der Waals surface area contributed by atoms with E-state index >= 15 is 0 Å². The molecule has 0 bridgehead atoms. The van der Waals surface area contributed by atoms with Crippen molar-refractivity contribution in [1.82, 2.24) is 4.90 Å². The van der Waals surface area contributed by atoms with Gasteiger partial charge in [-0.25, -0.2) is 0 Å². The molecule has 1 unspecified atom stereocenters. The Morgan fingerprint density at radius 1 is 1.45 bits per heavy atom. The van der Waals surface area contributed by atoms with Gasteiger partial charge in [0.15, 0.2) is 0 Å². The first-order valence-corrected chi connectivity index (χ1v) is 7.36. The maximum absolute atomic E-state index is 12.3. The molecular formula is C16H23N3O3. The SMILES string of the molecule is COCCN1CC(C(=O)Nc2cccc(N(C)C)c2)CC1=O. The standard InChI is InChI=1S/C16H23N3O3/c1-18(2)14-6-4-5-13(10-14)17-16(21)12-9-15(20)19(11-12)7-8-22-3/h4-6,10,12H,7-9,11H2,1-3H3,(H,17,21). The van der Waals surface area contributed by atoms with E-state index in [0.29, 0.717) is 19.7 Å². The van der Waals surface area contributed by atoms with Crippen LogP contribution >= 0.6 is 0 Å². The predicted octanol–water partition coefficient (Wildman–Crippen LogP) is 1.19. The number of ether oxygens (including phenoxy) is 1. The Morgan fingerprint density at radius 3 is 2.91 bits per heavy atom. The normalized spacial score (nSPS) is 17.7. The van der Waals surface area contributed by atoms with E-state index in [1.807, 2.05) is 43.3 Å². The van der Waals surface area contributed by atoms with E-state index in [0.717, 1.165) is 11.4 Å². The van der Waals surface area contributed by atoms with Crippen molar-refractivity contribution in [1.29, 1.82) is 0 Å². The minimum absolute atomic E-state index is 0.0132. The molecule has 1 aliphatic rings. The number of hydrogen-bond acceptors (Lipinski definition) is 4. The monoisotopic (exact) mass is 305 g/mol. The highest BCUT2D eigenvalue weighted by atomic mass is 16.5. The van der Waals surface area contributed by atoms with Gasteiger partial charge in [-0.15, -0.1) is 0 Å². The molecule has 0 saturated carbocycles. The van der Waals surface area contributed by atoms with E-state index < -0.39 is 0 Å². The van der Waals surface area contributed by atoms with Gasteiger partial charge < -0.3 is 19.9 Å². The molecule has 0 aliphatic carbocycles. The summed E-state index contributed by atoms with van der Waals surface area (Å²) in [5.41, 5.74) is 1.76.